The average Bonchev–Trinajstić information content (AvgIpc) is 2.63. The Labute approximate surface area is 187 Å². The van der Waals surface area contributed by atoms with E-state index >= 15 is 0 Å². The molecular formula is C21H37IN4O2. The molecule has 1 unspecified atom stereocenters. The Kier molecular flexibility index (Phi) is 13.7. The molecule has 0 aliphatic carbocycles. The largest absolute Gasteiger partial charge is 0.490 e. The second-order valence-electron chi connectivity index (χ2n) is 7.02. The molecule has 1 amide bonds. The fourth-order valence-electron chi connectivity index (χ4n) is 2.28. The second kappa shape index (κ2) is 14.5. The van der Waals surface area contributed by atoms with Gasteiger partial charge < -0.3 is 20.7 Å². The van der Waals surface area contributed by atoms with E-state index in [1.54, 1.807) is 0 Å². The van der Waals surface area contributed by atoms with E-state index < -0.39 is 0 Å². The standard InChI is InChI=1S/C21H36N4O2.HI/c1-7-17(6)27-19-13-16(5)9-10-18(19)14-25-21(22-8-2)24-12-11-23-20(26)15(3)4;/h9-10,13,15,17H,7-8,11-12,14H2,1-6H3,(H,23,26)(H2,22,24,25);1H. The first-order valence-electron chi connectivity index (χ1n) is 9.93. The van der Waals surface area contributed by atoms with E-state index in [9.17, 15) is 4.79 Å². The van der Waals surface area contributed by atoms with Gasteiger partial charge in [0.25, 0.3) is 0 Å². The lowest BCUT2D eigenvalue weighted by atomic mass is 10.1. The molecule has 0 saturated heterocycles. The Morgan fingerprint density at radius 3 is 2.39 bits per heavy atom. The second-order valence-corrected chi connectivity index (χ2v) is 7.02. The number of carbonyl (C=O) groups excluding carboxylic acids is 1. The molecule has 0 fully saturated rings. The first kappa shape index (κ1) is 26.5. The van der Waals surface area contributed by atoms with Crippen LogP contribution in [-0.2, 0) is 11.3 Å². The van der Waals surface area contributed by atoms with Crippen LogP contribution in [0.1, 0.15) is 52.2 Å². The normalized spacial score (nSPS) is 12.2. The fourth-order valence-corrected chi connectivity index (χ4v) is 2.28. The minimum Gasteiger partial charge on any atom is -0.490 e. The molecule has 0 heterocycles. The van der Waals surface area contributed by atoms with Crippen molar-refractivity contribution in [1.82, 2.24) is 16.0 Å². The summed E-state index contributed by atoms with van der Waals surface area (Å²) in [5, 5.41) is 9.38. The zero-order valence-electron chi connectivity index (χ0n) is 18.1. The summed E-state index contributed by atoms with van der Waals surface area (Å²) in [4.78, 5) is 16.3. The number of aryl methyl sites for hydroxylation is 1. The summed E-state index contributed by atoms with van der Waals surface area (Å²) in [6.07, 6.45) is 1.13. The quantitative estimate of drug-likeness (QED) is 0.197. The van der Waals surface area contributed by atoms with Crippen LogP contribution in [-0.4, -0.2) is 37.6 Å². The van der Waals surface area contributed by atoms with Gasteiger partial charge in [-0.3, -0.25) is 4.79 Å². The Hall–Kier alpha value is -1.51. The van der Waals surface area contributed by atoms with Crippen LogP contribution in [0, 0.1) is 12.8 Å². The molecule has 3 N–H and O–H groups in total. The molecule has 0 saturated carbocycles. The van der Waals surface area contributed by atoms with Crippen molar-refractivity contribution in [2.75, 3.05) is 19.6 Å². The van der Waals surface area contributed by atoms with Crippen molar-refractivity contribution in [3.05, 3.63) is 29.3 Å². The van der Waals surface area contributed by atoms with Gasteiger partial charge in [0, 0.05) is 31.1 Å². The molecule has 0 aromatic heterocycles. The highest BCUT2D eigenvalue weighted by molar-refractivity contribution is 14.0. The van der Waals surface area contributed by atoms with E-state index in [4.69, 9.17) is 4.74 Å². The summed E-state index contributed by atoms with van der Waals surface area (Å²) in [5.74, 6) is 1.68. The van der Waals surface area contributed by atoms with Crippen molar-refractivity contribution in [1.29, 1.82) is 0 Å². The third kappa shape index (κ3) is 10.1. The van der Waals surface area contributed by atoms with Gasteiger partial charge in [0.1, 0.15) is 5.75 Å². The summed E-state index contributed by atoms with van der Waals surface area (Å²) in [7, 11) is 0. The molecule has 7 heteroatoms. The lowest BCUT2D eigenvalue weighted by Gasteiger charge is -2.17. The molecule has 0 radical (unpaired) electrons. The number of nitrogens with one attached hydrogen (secondary N) is 3. The third-order valence-electron chi connectivity index (χ3n) is 4.12. The van der Waals surface area contributed by atoms with Crippen molar-refractivity contribution in [3.8, 4) is 5.75 Å². The van der Waals surface area contributed by atoms with Gasteiger partial charge in [0.2, 0.25) is 5.91 Å². The molecule has 28 heavy (non-hydrogen) atoms. The number of guanidine groups is 1. The topological polar surface area (TPSA) is 74.8 Å². The predicted molar refractivity (Wildman–Crippen MR) is 128 cm³/mol. The van der Waals surface area contributed by atoms with Gasteiger partial charge in [-0.05, 0) is 38.8 Å². The highest BCUT2D eigenvalue weighted by Gasteiger charge is 2.09. The number of rotatable bonds is 10. The average molecular weight is 504 g/mol. The van der Waals surface area contributed by atoms with Gasteiger partial charge in [-0.2, -0.15) is 0 Å². The van der Waals surface area contributed by atoms with Crippen molar-refractivity contribution in [3.63, 3.8) is 0 Å². The van der Waals surface area contributed by atoms with Crippen LogP contribution in [0.4, 0.5) is 0 Å². The molecule has 160 valence electrons. The molecule has 0 spiro atoms. The molecule has 1 aromatic carbocycles. The van der Waals surface area contributed by atoms with Crippen molar-refractivity contribution in [2.45, 2.75) is 60.6 Å². The predicted octanol–water partition coefficient (Wildman–Crippen LogP) is 3.62. The Bertz CT molecular complexity index is 620. The first-order valence-corrected chi connectivity index (χ1v) is 9.93. The molecular weight excluding hydrogens is 467 g/mol. The third-order valence-corrected chi connectivity index (χ3v) is 4.12. The summed E-state index contributed by atoms with van der Waals surface area (Å²) < 4.78 is 6.06. The van der Waals surface area contributed by atoms with Crippen LogP contribution in [0.25, 0.3) is 0 Å². The van der Waals surface area contributed by atoms with Crippen LogP contribution in [0.15, 0.2) is 23.2 Å². The van der Waals surface area contributed by atoms with Crippen molar-refractivity contribution in [2.24, 2.45) is 10.9 Å². The van der Waals surface area contributed by atoms with Gasteiger partial charge in [-0.15, -0.1) is 24.0 Å². The summed E-state index contributed by atoms with van der Waals surface area (Å²) in [5.41, 5.74) is 2.23. The van der Waals surface area contributed by atoms with Gasteiger partial charge in [-0.1, -0.05) is 32.9 Å². The lowest BCUT2D eigenvalue weighted by Crippen LogP contribution is -2.42. The molecule has 1 atom stereocenters. The molecule has 6 nitrogen and oxygen atoms in total. The van der Waals surface area contributed by atoms with Crippen LogP contribution < -0.4 is 20.7 Å². The summed E-state index contributed by atoms with van der Waals surface area (Å²) in [6.45, 7) is 14.5. The number of benzene rings is 1. The van der Waals surface area contributed by atoms with Crippen LogP contribution >= 0.6 is 24.0 Å². The van der Waals surface area contributed by atoms with Crippen LogP contribution in [0.5, 0.6) is 5.75 Å². The fraction of sp³-hybridized carbons (Fsp3) is 0.619. The minimum absolute atomic E-state index is 0. The van der Waals surface area contributed by atoms with Gasteiger partial charge in [-0.25, -0.2) is 4.99 Å². The number of hydrogen-bond acceptors (Lipinski definition) is 3. The Morgan fingerprint density at radius 2 is 1.79 bits per heavy atom. The number of carbonyl (C=O) groups is 1. The Morgan fingerprint density at radius 1 is 1.11 bits per heavy atom. The zero-order valence-corrected chi connectivity index (χ0v) is 20.4. The van der Waals surface area contributed by atoms with E-state index in [-0.39, 0.29) is 41.9 Å². The van der Waals surface area contributed by atoms with Crippen molar-refractivity contribution < 1.29 is 9.53 Å². The number of ether oxygens (including phenoxy) is 1. The van der Waals surface area contributed by atoms with E-state index in [1.807, 2.05) is 20.8 Å². The zero-order chi connectivity index (χ0) is 20.2. The minimum atomic E-state index is -0.00243. The van der Waals surface area contributed by atoms with E-state index in [0.717, 1.165) is 30.2 Å². The van der Waals surface area contributed by atoms with Gasteiger partial charge in [0.05, 0.1) is 12.6 Å². The highest BCUT2D eigenvalue weighted by atomic mass is 127. The van der Waals surface area contributed by atoms with E-state index in [0.29, 0.717) is 19.6 Å². The number of hydrogen-bond donors (Lipinski definition) is 3. The summed E-state index contributed by atoms with van der Waals surface area (Å²) >= 11 is 0. The van der Waals surface area contributed by atoms with Crippen LogP contribution in [0.3, 0.4) is 0 Å². The highest BCUT2D eigenvalue weighted by Crippen LogP contribution is 2.23. The van der Waals surface area contributed by atoms with Gasteiger partial charge in [0.15, 0.2) is 5.96 Å². The first-order chi connectivity index (χ1) is 12.9. The molecule has 0 bridgehead atoms. The smallest absolute Gasteiger partial charge is 0.222 e. The summed E-state index contributed by atoms with van der Waals surface area (Å²) in [6, 6.07) is 6.22. The molecule has 0 aliphatic rings. The van der Waals surface area contributed by atoms with Crippen LogP contribution in [0.2, 0.25) is 0 Å². The number of aliphatic imine (C=N–C) groups is 1. The maximum Gasteiger partial charge on any atom is 0.222 e. The number of halogens is 1. The molecule has 1 rings (SSSR count). The number of nitrogens with zero attached hydrogens (tertiary/aromatic N) is 1. The number of amides is 1. The molecule has 0 aliphatic heterocycles. The monoisotopic (exact) mass is 504 g/mol. The SMILES string of the molecule is CCNC(=NCc1ccc(C)cc1OC(C)CC)NCCNC(=O)C(C)C.I. The maximum absolute atomic E-state index is 11.6. The Balaban J connectivity index is 0.00000729. The lowest BCUT2D eigenvalue weighted by molar-refractivity contribution is -0.123. The van der Waals surface area contributed by atoms with Crippen molar-refractivity contribution >= 4 is 35.8 Å². The van der Waals surface area contributed by atoms with E-state index in [2.05, 4.69) is 59.9 Å². The van der Waals surface area contributed by atoms with E-state index in [1.165, 1.54) is 5.56 Å². The van der Waals surface area contributed by atoms with Gasteiger partial charge >= 0.3 is 0 Å². The molecule has 1 aromatic rings. The maximum atomic E-state index is 11.6.